The Morgan fingerprint density at radius 3 is 2.31 bits per heavy atom. The number of likely N-dealkylation sites (tertiary alicyclic amines) is 1. The molecule has 1 aromatic carbocycles. The van der Waals surface area contributed by atoms with Crippen LogP contribution in [0.4, 0.5) is 9.18 Å². The second-order valence-corrected chi connectivity index (χ2v) is 6.92. The van der Waals surface area contributed by atoms with Crippen LogP contribution in [0.3, 0.4) is 0 Å². The van der Waals surface area contributed by atoms with Crippen molar-refractivity contribution >= 4 is 11.9 Å². The third-order valence-electron chi connectivity index (χ3n) is 5.16. The Bertz CT molecular complexity index is 623. The zero-order valence-corrected chi connectivity index (χ0v) is 15.1. The van der Waals surface area contributed by atoms with Crippen molar-refractivity contribution < 1.29 is 18.7 Å². The molecule has 7 heteroatoms. The summed E-state index contributed by atoms with van der Waals surface area (Å²) in [6.07, 6.45) is 1.38. The van der Waals surface area contributed by atoms with E-state index >= 15 is 0 Å². The zero-order valence-electron chi connectivity index (χ0n) is 15.1. The first-order valence-corrected chi connectivity index (χ1v) is 9.22. The van der Waals surface area contributed by atoms with Crippen molar-refractivity contribution in [3.8, 4) is 0 Å². The Morgan fingerprint density at radius 2 is 1.69 bits per heavy atom. The first-order chi connectivity index (χ1) is 12.5. The average Bonchev–Trinajstić information content (AvgIpc) is 2.68. The lowest BCUT2D eigenvalue weighted by Gasteiger charge is -2.35. The third kappa shape index (κ3) is 4.52. The number of piperidine rings is 1. The van der Waals surface area contributed by atoms with E-state index in [0.29, 0.717) is 52.2 Å². The van der Waals surface area contributed by atoms with Crippen LogP contribution < -0.4 is 5.32 Å². The predicted octanol–water partition coefficient (Wildman–Crippen LogP) is 2.17. The molecule has 0 radical (unpaired) electrons. The second-order valence-electron chi connectivity index (χ2n) is 6.92. The molecule has 3 amide bonds. The van der Waals surface area contributed by atoms with Crippen LogP contribution in [0.5, 0.6) is 0 Å². The van der Waals surface area contributed by atoms with Crippen LogP contribution in [0.1, 0.15) is 31.4 Å². The van der Waals surface area contributed by atoms with E-state index < -0.39 is 0 Å². The molecule has 0 aliphatic carbocycles. The summed E-state index contributed by atoms with van der Waals surface area (Å²) in [7, 11) is 0. The maximum Gasteiger partial charge on any atom is 0.317 e. The minimum Gasteiger partial charge on any atom is -0.378 e. The van der Waals surface area contributed by atoms with Crippen molar-refractivity contribution in [3.63, 3.8) is 0 Å². The van der Waals surface area contributed by atoms with Crippen molar-refractivity contribution in [2.45, 2.75) is 25.8 Å². The number of hydrogen-bond acceptors (Lipinski definition) is 3. The van der Waals surface area contributed by atoms with Crippen LogP contribution in [0.15, 0.2) is 24.3 Å². The molecule has 6 nitrogen and oxygen atoms in total. The van der Waals surface area contributed by atoms with Gasteiger partial charge in [0.1, 0.15) is 5.82 Å². The molecule has 2 saturated heterocycles. The lowest BCUT2D eigenvalue weighted by Crippen LogP contribution is -2.49. The van der Waals surface area contributed by atoms with Crippen molar-refractivity contribution in [3.05, 3.63) is 35.6 Å². The van der Waals surface area contributed by atoms with Gasteiger partial charge in [-0.1, -0.05) is 12.1 Å². The van der Waals surface area contributed by atoms with Gasteiger partial charge in [0.25, 0.3) is 0 Å². The van der Waals surface area contributed by atoms with Gasteiger partial charge in [0.05, 0.1) is 19.3 Å². The highest BCUT2D eigenvalue weighted by Gasteiger charge is 2.31. The van der Waals surface area contributed by atoms with Crippen molar-refractivity contribution in [2.75, 3.05) is 39.4 Å². The number of nitrogens with zero attached hydrogens (tertiary/aromatic N) is 2. The summed E-state index contributed by atoms with van der Waals surface area (Å²) >= 11 is 0. The summed E-state index contributed by atoms with van der Waals surface area (Å²) < 4.78 is 18.3. The average molecular weight is 363 g/mol. The summed E-state index contributed by atoms with van der Waals surface area (Å²) in [5.74, 6) is -0.112. The highest BCUT2D eigenvalue weighted by atomic mass is 19.1. The Labute approximate surface area is 153 Å². The van der Waals surface area contributed by atoms with Crippen LogP contribution >= 0.6 is 0 Å². The quantitative estimate of drug-likeness (QED) is 0.895. The maximum atomic E-state index is 13.0. The molecule has 2 fully saturated rings. The molecule has 2 heterocycles. The van der Waals surface area contributed by atoms with Crippen molar-refractivity contribution in [1.29, 1.82) is 0 Å². The van der Waals surface area contributed by atoms with Crippen LogP contribution in [-0.4, -0.2) is 61.1 Å². The number of rotatable bonds is 3. The fourth-order valence-electron chi connectivity index (χ4n) is 3.48. The maximum absolute atomic E-state index is 13.0. The summed E-state index contributed by atoms with van der Waals surface area (Å²) in [6, 6.07) is 5.79. The number of halogens is 1. The molecule has 26 heavy (non-hydrogen) atoms. The number of amides is 3. The highest BCUT2D eigenvalue weighted by Crippen LogP contribution is 2.21. The molecule has 0 spiro atoms. The van der Waals surface area contributed by atoms with E-state index in [4.69, 9.17) is 4.74 Å². The lowest BCUT2D eigenvalue weighted by molar-refractivity contribution is -0.141. The van der Waals surface area contributed by atoms with Crippen LogP contribution in [-0.2, 0) is 9.53 Å². The molecular formula is C19H26FN3O3. The highest BCUT2D eigenvalue weighted by molar-refractivity contribution is 5.80. The zero-order chi connectivity index (χ0) is 18.5. The minimum atomic E-state index is -0.292. The minimum absolute atomic E-state index is 0.00771. The molecule has 0 bridgehead atoms. The lowest BCUT2D eigenvalue weighted by atomic mass is 9.95. The van der Waals surface area contributed by atoms with Crippen molar-refractivity contribution in [2.24, 2.45) is 5.92 Å². The number of morpholine rings is 1. The van der Waals surface area contributed by atoms with E-state index in [1.54, 1.807) is 17.0 Å². The summed E-state index contributed by atoms with van der Waals surface area (Å²) in [4.78, 5) is 28.6. The van der Waals surface area contributed by atoms with Crippen molar-refractivity contribution in [1.82, 2.24) is 15.1 Å². The number of ether oxygens (including phenoxy) is 1. The topological polar surface area (TPSA) is 61.9 Å². The molecule has 1 unspecified atom stereocenters. The molecule has 2 aliphatic rings. The van der Waals surface area contributed by atoms with Crippen LogP contribution in [0.25, 0.3) is 0 Å². The van der Waals surface area contributed by atoms with Gasteiger partial charge in [-0.2, -0.15) is 0 Å². The summed E-state index contributed by atoms with van der Waals surface area (Å²) in [6.45, 7) is 5.55. The Hall–Kier alpha value is -2.15. The van der Waals surface area contributed by atoms with Gasteiger partial charge in [-0.3, -0.25) is 4.79 Å². The van der Waals surface area contributed by atoms with E-state index in [9.17, 15) is 14.0 Å². The van der Waals surface area contributed by atoms with E-state index in [2.05, 4.69) is 5.32 Å². The fraction of sp³-hybridized carbons (Fsp3) is 0.579. The standard InChI is InChI=1S/C19H26FN3O3/c1-14(15-2-4-17(20)5-3-15)21-19(25)23-8-6-16(7-9-23)18(24)22-10-12-26-13-11-22/h2-5,14,16H,6-13H2,1H3,(H,21,25). The van der Waals surface area contributed by atoms with Crippen LogP contribution in [0.2, 0.25) is 0 Å². The van der Waals surface area contributed by atoms with E-state index in [-0.39, 0.29) is 29.7 Å². The van der Waals surface area contributed by atoms with E-state index in [1.165, 1.54) is 12.1 Å². The fourth-order valence-corrected chi connectivity index (χ4v) is 3.48. The van der Waals surface area contributed by atoms with Gasteiger partial charge in [-0.15, -0.1) is 0 Å². The third-order valence-corrected chi connectivity index (χ3v) is 5.16. The first-order valence-electron chi connectivity index (χ1n) is 9.22. The number of urea groups is 1. The molecule has 1 atom stereocenters. The van der Waals surface area contributed by atoms with Gasteiger partial charge < -0.3 is 19.9 Å². The van der Waals surface area contributed by atoms with Crippen LogP contribution in [0, 0.1) is 11.7 Å². The van der Waals surface area contributed by atoms with Gasteiger partial charge in [-0.25, -0.2) is 9.18 Å². The molecule has 1 aromatic rings. The Balaban J connectivity index is 1.47. The van der Waals surface area contributed by atoms with Gasteiger partial charge in [-0.05, 0) is 37.5 Å². The molecule has 3 rings (SSSR count). The monoisotopic (exact) mass is 363 g/mol. The normalized spacial score (nSPS) is 19.9. The Morgan fingerprint density at radius 1 is 1.08 bits per heavy atom. The molecule has 0 saturated carbocycles. The molecule has 2 aliphatic heterocycles. The first kappa shape index (κ1) is 18.6. The number of hydrogen-bond donors (Lipinski definition) is 1. The molecular weight excluding hydrogens is 337 g/mol. The number of benzene rings is 1. The predicted molar refractivity (Wildman–Crippen MR) is 95.0 cm³/mol. The number of nitrogens with one attached hydrogen (secondary N) is 1. The number of carbonyl (C=O) groups excluding carboxylic acids is 2. The van der Waals surface area contributed by atoms with Gasteiger partial charge in [0.2, 0.25) is 5.91 Å². The SMILES string of the molecule is CC(NC(=O)N1CCC(C(=O)N2CCOCC2)CC1)c1ccc(F)cc1. The van der Waals surface area contributed by atoms with E-state index in [0.717, 1.165) is 5.56 Å². The summed E-state index contributed by atoms with van der Waals surface area (Å²) in [5.41, 5.74) is 0.858. The van der Waals surface area contributed by atoms with Gasteiger partial charge >= 0.3 is 6.03 Å². The smallest absolute Gasteiger partial charge is 0.317 e. The van der Waals surface area contributed by atoms with Gasteiger partial charge in [0.15, 0.2) is 0 Å². The molecule has 1 N–H and O–H groups in total. The second kappa shape index (κ2) is 8.49. The largest absolute Gasteiger partial charge is 0.378 e. The summed E-state index contributed by atoms with van der Waals surface area (Å²) in [5, 5.41) is 2.95. The molecule has 142 valence electrons. The van der Waals surface area contributed by atoms with E-state index in [1.807, 2.05) is 11.8 Å². The molecule has 0 aromatic heterocycles. The van der Waals surface area contributed by atoms with Gasteiger partial charge in [0, 0.05) is 32.1 Å². The Kier molecular flexibility index (Phi) is 6.08. The number of carbonyl (C=O) groups is 2.